The highest BCUT2D eigenvalue weighted by atomic mass is 16.5. The molecular weight excluding hydrogens is 404 g/mol. The minimum absolute atomic E-state index is 0.480. The van der Waals surface area contributed by atoms with Crippen LogP contribution in [0.1, 0.15) is 22.6 Å². The van der Waals surface area contributed by atoms with Crippen molar-refractivity contribution in [3.8, 4) is 5.88 Å². The Kier molecular flexibility index (Phi) is 7.24. The molecular formula is C24H28N6O2. The van der Waals surface area contributed by atoms with E-state index >= 15 is 0 Å². The first kappa shape index (κ1) is 21.7. The quantitative estimate of drug-likeness (QED) is 0.431. The SMILES string of the molecule is Cc1ccc(NN=Cc2nc(OCCc3ccccn3)cc(N3CCOCC3)n2)cc1C. The Morgan fingerprint density at radius 3 is 2.75 bits per heavy atom. The van der Waals surface area contributed by atoms with Crippen LogP contribution in [0.4, 0.5) is 11.5 Å². The molecule has 3 heterocycles. The first-order chi connectivity index (χ1) is 15.7. The van der Waals surface area contributed by atoms with Gasteiger partial charge in [0.2, 0.25) is 5.88 Å². The number of hydrogen-bond donors (Lipinski definition) is 1. The number of morpholine rings is 1. The summed E-state index contributed by atoms with van der Waals surface area (Å²) in [6.07, 6.45) is 4.11. The van der Waals surface area contributed by atoms with Crippen molar-refractivity contribution in [3.05, 3.63) is 71.3 Å². The number of hydrogen-bond acceptors (Lipinski definition) is 8. The fraction of sp³-hybridized carbons (Fsp3) is 0.333. The van der Waals surface area contributed by atoms with Crippen molar-refractivity contribution in [2.75, 3.05) is 43.2 Å². The maximum absolute atomic E-state index is 5.94. The molecule has 1 aliphatic rings. The van der Waals surface area contributed by atoms with Gasteiger partial charge in [-0.1, -0.05) is 12.1 Å². The van der Waals surface area contributed by atoms with E-state index in [0.29, 0.717) is 37.9 Å². The number of rotatable bonds is 8. The molecule has 0 unspecified atom stereocenters. The number of aryl methyl sites for hydroxylation is 2. The highest BCUT2D eigenvalue weighted by molar-refractivity contribution is 5.76. The molecule has 1 aliphatic heterocycles. The standard InChI is InChI=1S/C24H28N6O2/c1-18-6-7-21(15-19(18)2)29-26-17-22-27-23(30-10-13-31-14-11-30)16-24(28-22)32-12-8-20-5-3-4-9-25-20/h3-7,9,15-17,29H,8,10-14H2,1-2H3. The Balaban J connectivity index is 1.47. The number of benzene rings is 1. The number of hydrazone groups is 1. The van der Waals surface area contributed by atoms with Crippen molar-refractivity contribution in [1.29, 1.82) is 0 Å². The highest BCUT2D eigenvalue weighted by Crippen LogP contribution is 2.19. The van der Waals surface area contributed by atoms with E-state index in [1.54, 1.807) is 12.4 Å². The maximum atomic E-state index is 5.94. The van der Waals surface area contributed by atoms with Crippen molar-refractivity contribution in [2.45, 2.75) is 20.3 Å². The van der Waals surface area contributed by atoms with Crippen LogP contribution in [0.5, 0.6) is 5.88 Å². The lowest BCUT2D eigenvalue weighted by molar-refractivity contribution is 0.122. The van der Waals surface area contributed by atoms with E-state index in [9.17, 15) is 0 Å². The molecule has 0 atom stereocenters. The Labute approximate surface area is 188 Å². The molecule has 4 rings (SSSR count). The predicted molar refractivity (Wildman–Crippen MR) is 126 cm³/mol. The van der Waals surface area contributed by atoms with Crippen LogP contribution in [-0.2, 0) is 11.2 Å². The van der Waals surface area contributed by atoms with Crippen LogP contribution in [-0.4, -0.2) is 54.1 Å². The van der Waals surface area contributed by atoms with Gasteiger partial charge in [0, 0.05) is 37.5 Å². The normalized spacial score (nSPS) is 14.0. The van der Waals surface area contributed by atoms with Gasteiger partial charge in [0.1, 0.15) is 5.82 Å². The van der Waals surface area contributed by atoms with Crippen molar-refractivity contribution in [3.63, 3.8) is 0 Å². The molecule has 0 aliphatic carbocycles. The van der Waals surface area contributed by atoms with E-state index in [1.165, 1.54) is 11.1 Å². The van der Waals surface area contributed by atoms with E-state index < -0.39 is 0 Å². The van der Waals surface area contributed by atoms with Crippen molar-refractivity contribution >= 4 is 17.7 Å². The second-order valence-electron chi connectivity index (χ2n) is 7.61. The summed E-state index contributed by atoms with van der Waals surface area (Å²) < 4.78 is 11.4. The van der Waals surface area contributed by atoms with Crippen molar-refractivity contribution in [1.82, 2.24) is 15.0 Å². The monoisotopic (exact) mass is 432 g/mol. The first-order valence-corrected chi connectivity index (χ1v) is 10.8. The third-order valence-corrected chi connectivity index (χ3v) is 5.26. The lowest BCUT2D eigenvalue weighted by Crippen LogP contribution is -2.37. The molecule has 0 spiro atoms. The molecule has 0 saturated carbocycles. The molecule has 1 saturated heterocycles. The average Bonchev–Trinajstić information content (AvgIpc) is 2.83. The first-order valence-electron chi connectivity index (χ1n) is 10.8. The number of anilines is 2. The number of nitrogens with one attached hydrogen (secondary N) is 1. The summed E-state index contributed by atoms with van der Waals surface area (Å²) in [6.45, 7) is 7.56. The zero-order chi connectivity index (χ0) is 22.2. The number of nitrogens with zero attached hydrogens (tertiary/aromatic N) is 5. The minimum atomic E-state index is 0.480. The van der Waals surface area contributed by atoms with Crippen LogP contribution >= 0.6 is 0 Å². The maximum Gasteiger partial charge on any atom is 0.219 e. The molecule has 3 aromatic rings. The molecule has 2 aromatic heterocycles. The van der Waals surface area contributed by atoms with E-state index in [1.807, 2.05) is 30.3 Å². The van der Waals surface area contributed by atoms with Crippen LogP contribution in [0.3, 0.4) is 0 Å². The Bertz CT molecular complexity index is 1050. The van der Waals surface area contributed by atoms with E-state index in [-0.39, 0.29) is 0 Å². The summed E-state index contributed by atoms with van der Waals surface area (Å²) >= 11 is 0. The highest BCUT2D eigenvalue weighted by Gasteiger charge is 2.15. The lowest BCUT2D eigenvalue weighted by Gasteiger charge is -2.28. The van der Waals surface area contributed by atoms with E-state index in [2.05, 4.69) is 56.4 Å². The fourth-order valence-electron chi connectivity index (χ4n) is 3.30. The lowest BCUT2D eigenvalue weighted by atomic mass is 10.1. The molecule has 166 valence electrons. The topological polar surface area (TPSA) is 84.8 Å². The molecule has 0 amide bonds. The van der Waals surface area contributed by atoms with Gasteiger partial charge in [-0.05, 0) is 49.2 Å². The van der Waals surface area contributed by atoms with Crippen LogP contribution in [0, 0.1) is 13.8 Å². The van der Waals surface area contributed by atoms with Gasteiger partial charge < -0.3 is 14.4 Å². The molecule has 32 heavy (non-hydrogen) atoms. The van der Waals surface area contributed by atoms with Crippen molar-refractivity contribution < 1.29 is 9.47 Å². The van der Waals surface area contributed by atoms with Crippen molar-refractivity contribution in [2.24, 2.45) is 5.10 Å². The van der Waals surface area contributed by atoms with Crippen LogP contribution < -0.4 is 15.1 Å². The smallest absolute Gasteiger partial charge is 0.219 e. The van der Waals surface area contributed by atoms with Gasteiger partial charge in [-0.25, -0.2) is 4.98 Å². The zero-order valence-corrected chi connectivity index (χ0v) is 18.5. The zero-order valence-electron chi connectivity index (χ0n) is 18.5. The Hall–Kier alpha value is -3.52. The molecule has 1 fully saturated rings. The Morgan fingerprint density at radius 2 is 1.97 bits per heavy atom. The summed E-state index contributed by atoms with van der Waals surface area (Å²) in [4.78, 5) is 15.7. The third-order valence-electron chi connectivity index (χ3n) is 5.26. The van der Waals surface area contributed by atoms with Crippen LogP contribution in [0.25, 0.3) is 0 Å². The second kappa shape index (κ2) is 10.7. The number of pyridine rings is 1. The van der Waals surface area contributed by atoms with Crippen LogP contribution in [0.15, 0.2) is 53.8 Å². The molecule has 0 radical (unpaired) electrons. The van der Waals surface area contributed by atoms with Gasteiger partial charge in [0.05, 0.1) is 31.7 Å². The van der Waals surface area contributed by atoms with Gasteiger partial charge in [-0.3, -0.25) is 10.4 Å². The fourth-order valence-corrected chi connectivity index (χ4v) is 3.30. The molecule has 1 N–H and O–H groups in total. The van der Waals surface area contributed by atoms with E-state index in [0.717, 1.165) is 30.3 Å². The van der Waals surface area contributed by atoms with Crippen LogP contribution in [0.2, 0.25) is 0 Å². The van der Waals surface area contributed by atoms with Gasteiger partial charge in [-0.2, -0.15) is 10.1 Å². The largest absolute Gasteiger partial charge is 0.477 e. The minimum Gasteiger partial charge on any atom is -0.477 e. The second-order valence-corrected chi connectivity index (χ2v) is 7.61. The summed E-state index contributed by atoms with van der Waals surface area (Å²) in [7, 11) is 0. The molecule has 8 nitrogen and oxygen atoms in total. The molecule has 0 bridgehead atoms. The predicted octanol–water partition coefficient (Wildman–Crippen LogP) is 3.39. The number of aromatic nitrogens is 3. The molecule has 1 aromatic carbocycles. The average molecular weight is 433 g/mol. The summed E-state index contributed by atoms with van der Waals surface area (Å²) in [5.41, 5.74) is 7.40. The number of ether oxygens (including phenoxy) is 2. The van der Waals surface area contributed by atoms with Gasteiger partial charge in [0.25, 0.3) is 0 Å². The summed E-state index contributed by atoms with van der Waals surface area (Å²) in [6, 6.07) is 13.9. The summed E-state index contributed by atoms with van der Waals surface area (Å²) in [5, 5.41) is 4.33. The van der Waals surface area contributed by atoms with Gasteiger partial charge in [0.15, 0.2) is 5.82 Å². The summed E-state index contributed by atoms with van der Waals surface area (Å²) in [5.74, 6) is 1.81. The van der Waals surface area contributed by atoms with Gasteiger partial charge in [-0.15, -0.1) is 0 Å². The Morgan fingerprint density at radius 1 is 1.09 bits per heavy atom. The third kappa shape index (κ3) is 6.01. The molecule has 8 heteroatoms. The van der Waals surface area contributed by atoms with Gasteiger partial charge >= 0.3 is 0 Å². The van der Waals surface area contributed by atoms with E-state index in [4.69, 9.17) is 9.47 Å².